The fourth-order valence-electron chi connectivity index (χ4n) is 2.04. The zero-order valence-corrected chi connectivity index (χ0v) is 10.8. The third kappa shape index (κ3) is 2.74. The number of benzene rings is 1. The molecule has 0 spiro atoms. The van der Waals surface area contributed by atoms with Crippen LogP contribution in [0.2, 0.25) is 0 Å². The van der Waals surface area contributed by atoms with E-state index in [-0.39, 0.29) is 24.7 Å². The molecule has 5 heteroatoms. The van der Waals surface area contributed by atoms with Gasteiger partial charge in [-0.05, 0) is 24.6 Å². The molecule has 1 aliphatic heterocycles. The Morgan fingerprint density at radius 1 is 1.42 bits per heavy atom. The van der Waals surface area contributed by atoms with E-state index in [0.29, 0.717) is 11.3 Å². The molecule has 0 radical (unpaired) electrons. The summed E-state index contributed by atoms with van der Waals surface area (Å²) in [7, 11) is 0. The van der Waals surface area contributed by atoms with Crippen molar-refractivity contribution in [3.63, 3.8) is 0 Å². The largest absolute Gasteiger partial charge is 0.383 e. The highest BCUT2D eigenvalue weighted by Gasteiger charge is 2.30. The first-order valence-electron chi connectivity index (χ1n) is 6.25. The summed E-state index contributed by atoms with van der Waals surface area (Å²) in [5.41, 5.74) is 1.87. The van der Waals surface area contributed by atoms with Crippen LogP contribution in [0.3, 0.4) is 0 Å². The van der Waals surface area contributed by atoms with E-state index >= 15 is 0 Å². The van der Waals surface area contributed by atoms with Crippen LogP contribution in [0.25, 0.3) is 0 Å². The molecule has 0 aromatic heterocycles. The Hall–Kier alpha value is -2.35. The Morgan fingerprint density at radius 2 is 2.21 bits per heavy atom. The van der Waals surface area contributed by atoms with Gasteiger partial charge < -0.3 is 10.2 Å². The summed E-state index contributed by atoms with van der Waals surface area (Å²) in [6, 6.07) is 7.17. The molecule has 19 heavy (non-hydrogen) atoms. The predicted molar refractivity (Wildman–Crippen MR) is 71.9 cm³/mol. The van der Waals surface area contributed by atoms with Crippen LogP contribution in [0.4, 0.5) is 11.4 Å². The van der Waals surface area contributed by atoms with Crippen LogP contribution in [0.5, 0.6) is 0 Å². The summed E-state index contributed by atoms with van der Waals surface area (Å²) in [6.45, 7) is 2.91. The van der Waals surface area contributed by atoms with Gasteiger partial charge in [-0.1, -0.05) is 6.92 Å². The van der Waals surface area contributed by atoms with Gasteiger partial charge in [-0.3, -0.25) is 9.59 Å². The molecule has 98 valence electrons. The van der Waals surface area contributed by atoms with Gasteiger partial charge in [-0.2, -0.15) is 5.26 Å². The van der Waals surface area contributed by atoms with Crippen LogP contribution in [0.15, 0.2) is 18.2 Å². The quantitative estimate of drug-likeness (QED) is 0.833. The molecule has 1 fully saturated rings. The number of Topliss-reactive ketones (excluding diaryl/α,β-unsaturated/α-hetero) is 1. The number of hydrogen-bond donors (Lipinski definition) is 1. The van der Waals surface area contributed by atoms with E-state index < -0.39 is 0 Å². The second kappa shape index (κ2) is 5.53. The fraction of sp³-hybridized carbons (Fsp3) is 0.357. The van der Waals surface area contributed by atoms with Crippen molar-refractivity contribution in [1.29, 1.82) is 5.26 Å². The van der Waals surface area contributed by atoms with E-state index in [4.69, 9.17) is 5.26 Å². The van der Waals surface area contributed by atoms with Crippen molar-refractivity contribution in [2.24, 2.45) is 0 Å². The van der Waals surface area contributed by atoms with Crippen LogP contribution < -0.4 is 10.2 Å². The minimum absolute atomic E-state index is 0.0516. The third-order valence-electron chi connectivity index (χ3n) is 2.97. The van der Waals surface area contributed by atoms with Crippen molar-refractivity contribution in [3.8, 4) is 6.07 Å². The SMILES string of the molecule is CCCNc1ccc(C#N)cc1N1CC(=O)CC1=O. The number of nitrogens with one attached hydrogen (secondary N) is 1. The molecule has 0 saturated carbocycles. The molecule has 1 saturated heterocycles. The third-order valence-corrected chi connectivity index (χ3v) is 2.97. The van der Waals surface area contributed by atoms with E-state index in [1.54, 1.807) is 18.2 Å². The van der Waals surface area contributed by atoms with Crippen LogP contribution >= 0.6 is 0 Å². The molecule has 0 atom stereocenters. The monoisotopic (exact) mass is 257 g/mol. The van der Waals surface area contributed by atoms with Crippen molar-refractivity contribution >= 4 is 23.1 Å². The number of hydrogen-bond acceptors (Lipinski definition) is 4. The highest BCUT2D eigenvalue weighted by Crippen LogP contribution is 2.30. The van der Waals surface area contributed by atoms with Gasteiger partial charge in [0.15, 0.2) is 5.78 Å². The summed E-state index contributed by atoms with van der Waals surface area (Å²) in [4.78, 5) is 24.6. The predicted octanol–water partition coefficient (Wildman–Crippen LogP) is 1.69. The minimum Gasteiger partial charge on any atom is -0.383 e. The number of nitriles is 1. The Kier molecular flexibility index (Phi) is 3.81. The van der Waals surface area contributed by atoms with Crippen LogP contribution in [0.1, 0.15) is 25.3 Å². The molecular weight excluding hydrogens is 242 g/mol. The second-order valence-corrected chi connectivity index (χ2v) is 4.47. The maximum atomic E-state index is 11.8. The van der Waals surface area contributed by atoms with Crippen LogP contribution in [-0.2, 0) is 9.59 Å². The average Bonchev–Trinajstić information content (AvgIpc) is 2.75. The number of nitrogens with zero attached hydrogens (tertiary/aromatic N) is 2. The number of rotatable bonds is 4. The Bertz CT molecular complexity index is 560. The lowest BCUT2D eigenvalue weighted by atomic mass is 10.1. The zero-order chi connectivity index (χ0) is 13.8. The topological polar surface area (TPSA) is 73.2 Å². The Balaban J connectivity index is 2.38. The summed E-state index contributed by atoms with van der Waals surface area (Å²) in [5, 5.41) is 12.2. The second-order valence-electron chi connectivity index (χ2n) is 4.47. The number of amides is 1. The van der Waals surface area contributed by atoms with Crippen molar-refractivity contribution in [3.05, 3.63) is 23.8 Å². The van der Waals surface area contributed by atoms with Gasteiger partial charge in [0.2, 0.25) is 5.91 Å². The molecule has 5 nitrogen and oxygen atoms in total. The lowest BCUT2D eigenvalue weighted by Gasteiger charge is -2.20. The van der Waals surface area contributed by atoms with E-state index in [1.165, 1.54) is 4.90 Å². The fourth-order valence-corrected chi connectivity index (χ4v) is 2.04. The summed E-state index contributed by atoms with van der Waals surface area (Å²) >= 11 is 0. The molecule has 1 aromatic carbocycles. The molecule has 1 N–H and O–H groups in total. The van der Waals surface area contributed by atoms with E-state index in [0.717, 1.165) is 18.7 Å². The normalized spacial score (nSPS) is 14.6. The minimum atomic E-state index is -0.209. The van der Waals surface area contributed by atoms with Crippen molar-refractivity contribution in [2.45, 2.75) is 19.8 Å². The van der Waals surface area contributed by atoms with Gasteiger partial charge in [0.05, 0.1) is 36.0 Å². The van der Waals surface area contributed by atoms with Crippen LogP contribution in [0, 0.1) is 11.3 Å². The van der Waals surface area contributed by atoms with E-state index in [1.807, 2.05) is 13.0 Å². The molecule has 1 amide bonds. The molecular formula is C14H15N3O2. The highest BCUT2D eigenvalue weighted by molar-refractivity contribution is 6.16. The molecule has 1 aromatic rings. The highest BCUT2D eigenvalue weighted by atomic mass is 16.2. The molecule has 1 aliphatic rings. The lowest BCUT2D eigenvalue weighted by Crippen LogP contribution is -2.25. The molecule has 2 rings (SSSR count). The first kappa shape index (κ1) is 13.1. The molecule has 0 bridgehead atoms. The summed E-state index contributed by atoms with van der Waals surface area (Å²) in [5.74, 6) is -0.298. The standard InChI is InChI=1S/C14H15N3O2/c1-2-5-16-12-4-3-10(8-15)6-13(12)17-9-11(18)7-14(17)19/h3-4,6,16H,2,5,7,9H2,1H3. The summed E-state index contributed by atoms with van der Waals surface area (Å²) in [6.07, 6.45) is 0.899. The molecule has 0 aliphatic carbocycles. The lowest BCUT2D eigenvalue weighted by molar-refractivity contribution is -0.121. The number of carbonyl (C=O) groups excluding carboxylic acids is 2. The smallest absolute Gasteiger partial charge is 0.234 e. The van der Waals surface area contributed by atoms with Gasteiger partial charge >= 0.3 is 0 Å². The van der Waals surface area contributed by atoms with Gasteiger partial charge in [-0.25, -0.2) is 0 Å². The van der Waals surface area contributed by atoms with Gasteiger partial charge in [-0.15, -0.1) is 0 Å². The first-order valence-corrected chi connectivity index (χ1v) is 6.25. The Morgan fingerprint density at radius 3 is 2.79 bits per heavy atom. The van der Waals surface area contributed by atoms with Crippen molar-refractivity contribution in [2.75, 3.05) is 23.3 Å². The number of anilines is 2. The van der Waals surface area contributed by atoms with Crippen LogP contribution in [-0.4, -0.2) is 24.8 Å². The first-order chi connectivity index (χ1) is 9.15. The Labute approximate surface area is 111 Å². The maximum Gasteiger partial charge on any atom is 0.234 e. The van der Waals surface area contributed by atoms with Gasteiger partial charge in [0.25, 0.3) is 0 Å². The molecule has 1 heterocycles. The summed E-state index contributed by atoms with van der Waals surface area (Å²) < 4.78 is 0. The number of ketones is 1. The molecule has 0 unspecified atom stereocenters. The average molecular weight is 257 g/mol. The van der Waals surface area contributed by atoms with Crippen molar-refractivity contribution in [1.82, 2.24) is 0 Å². The van der Waals surface area contributed by atoms with Gasteiger partial charge in [0, 0.05) is 6.54 Å². The van der Waals surface area contributed by atoms with E-state index in [2.05, 4.69) is 5.32 Å². The van der Waals surface area contributed by atoms with E-state index in [9.17, 15) is 9.59 Å². The maximum absolute atomic E-state index is 11.8. The number of carbonyl (C=O) groups is 2. The van der Waals surface area contributed by atoms with Gasteiger partial charge in [0.1, 0.15) is 0 Å². The van der Waals surface area contributed by atoms with Crippen molar-refractivity contribution < 1.29 is 9.59 Å². The zero-order valence-electron chi connectivity index (χ0n) is 10.8.